The minimum atomic E-state index is -0.538. The third-order valence-corrected chi connectivity index (χ3v) is 2.62. The van der Waals surface area contributed by atoms with Crippen molar-refractivity contribution >= 4 is 11.6 Å². The molecule has 4 nitrogen and oxygen atoms in total. The van der Waals surface area contributed by atoms with Gasteiger partial charge >= 0.3 is 0 Å². The van der Waals surface area contributed by atoms with Crippen molar-refractivity contribution in [3.05, 3.63) is 69.1 Å². The molecule has 0 spiro atoms. The molecule has 0 bridgehead atoms. The van der Waals surface area contributed by atoms with Gasteiger partial charge in [0.2, 0.25) is 11.4 Å². The van der Waals surface area contributed by atoms with Crippen molar-refractivity contribution in [2.75, 3.05) is 0 Å². The van der Waals surface area contributed by atoms with Gasteiger partial charge in [-0.15, -0.1) is 0 Å². The van der Waals surface area contributed by atoms with Crippen LogP contribution in [0, 0.1) is 20.1 Å². The van der Waals surface area contributed by atoms with Crippen LogP contribution in [0.4, 0.5) is 0 Å². The highest BCUT2D eigenvalue weighted by Crippen LogP contribution is 2.29. The summed E-state index contributed by atoms with van der Waals surface area (Å²) in [6.07, 6.45) is 0. The number of Topliss-reactive ketones (excluding diaryl/α,β-unsaturated/α-hetero) is 2. The maximum absolute atomic E-state index is 12.0. The lowest BCUT2D eigenvalue weighted by molar-refractivity contribution is 0.0979. The van der Waals surface area contributed by atoms with E-state index in [-0.39, 0.29) is 22.5 Å². The highest BCUT2D eigenvalue weighted by atomic mass is 16.1. The van der Waals surface area contributed by atoms with Gasteiger partial charge in [-0.3, -0.25) is 0 Å². The normalized spacial score (nSPS) is 14.1. The third-order valence-electron chi connectivity index (χ3n) is 2.62. The number of ketones is 2. The van der Waals surface area contributed by atoms with Crippen LogP contribution in [0.2, 0.25) is 0 Å². The maximum Gasteiger partial charge on any atom is 0.245 e. The van der Waals surface area contributed by atoms with E-state index in [9.17, 15) is 9.59 Å². The van der Waals surface area contributed by atoms with E-state index < -0.39 is 11.6 Å². The third kappa shape index (κ3) is 1.36. The predicted octanol–water partition coefficient (Wildman–Crippen LogP) is 2.42. The van der Waals surface area contributed by atoms with Crippen molar-refractivity contribution in [2.24, 2.45) is 0 Å². The molecule has 1 aromatic rings. The average Bonchev–Trinajstić information content (AvgIpc) is 2.33. The molecule has 1 aromatic carbocycles. The predicted molar refractivity (Wildman–Crippen MR) is 60.1 cm³/mol. The number of rotatable bonds is 0. The molecule has 1 aliphatic carbocycles. The van der Waals surface area contributed by atoms with Crippen molar-refractivity contribution in [1.29, 1.82) is 0 Å². The lowest BCUT2D eigenvalue weighted by atomic mass is 9.88. The first-order chi connectivity index (χ1) is 8.11. The fourth-order valence-electron chi connectivity index (χ4n) is 1.83. The molecule has 80 valence electrons. The zero-order chi connectivity index (χ0) is 12.6. The van der Waals surface area contributed by atoms with E-state index in [1.54, 1.807) is 19.1 Å². The second-order valence-corrected chi connectivity index (χ2v) is 3.58. The molecule has 0 heterocycles. The summed E-state index contributed by atoms with van der Waals surface area (Å²) in [6, 6.07) is 4.87. The Morgan fingerprint density at radius 2 is 1.59 bits per heavy atom. The first-order valence-corrected chi connectivity index (χ1v) is 4.80. The molecular weight excluding hydrogens is 216 g/mol. The van der Waals surface area contributed by atoms with Gasteiger partial charge in [-0.25, -0.2) is 9.69 Å². The summed E-state index contributed by atoms with van der Waals surface area (Å²) in [6.45, 7) is 15.5. The van der Waals surface area contributed by atoms with Gasteiger partial charge in [-0.2, -0.15) is 0 Å². The number of carbonyl (C=O) groups is 2. The van der Waals surface area contributed by atoms with Crippen LogP contribution in [-0.2, 0) is 0 Å². The lowest BCUT2D eigenvalue weighted by Gasteiger charge is -2.15. The van der Waals surface area contributed by atoms with Crippen LogP contribution >= 0.6 is 0 Å². The van der Waals surface area contributed by atoms with Crippen LogP contribution in [0.3, 0.4) is 0 Å². The number of carbonyl (C=O) groups excluding carboxylic acids is 2. The van der Waals surface area contributed by atoms with Crippen molar-refractivity contribution in [1.82, 2.24) is 0 Å². The summed E-state index contributed by atoms with van der Waals surface area (Å²) in [5.74, 6) is -1.07. The Balaban J connectivity index is 2.85. The molecule has 0 aliphatic heterocycles. The number of benzene rings is 1. The quantitative estimate of drug-likeness (QED) is 0.632. The number of fused-ring (bicyclic) bond motifs is 1. The molecule has 0 unspecified atom stereocenters. The zero-order valence-corrected chi connectivity index (χ0v) is 8.94. The molecule has 0 atom stereocenters. The fourth-order valence-corrected chi connectivity index (χ4v) is 1.83. The maximum atomic E-state index is 12.0. The van der Waals surface area contributed by atoms with E-state index in [2.05, 4.69) is 9.69 Å². The number of hydrogen-bond acceptors (Lipinski definition) is 2. The molecule has 0 radical (unpaired) electrons. The van der Waals surface area contributed by atoms with E-state index in [4.69, 9.17) is 13.1 Å². The van der Waals surface area contributed by atoms with E-state index in [0.29, 0.717) is 5.56 Å². The van der Waals surface area contributed by atoms with Gasteiger partial charge in [0.05, 0.1) is 13.1 Å². The molecule has 0 N–H and O–H groups in total. The largest absolute Gasteiger partial charge is 0.304 e. The Labute approximate surface area is 97.8 Å². The van der Waals surface area contributed by atoms with Gasteiger partial charge in [-0.05, 0) is 12.5 Å². The molecule has 17 heavy (non-hydrogen) atoms. The number of allylic oxidation sites excluding steroid dienone is 2. The standard InChI is InChI=1S/C13H6N2O2/c1-7-5-4-6-8-9(7)13(17)11(15-3)10(14-2)12(8)16/h4-6H,1H3. The average molecular weight is 222 g/mol. The van der Waals surface area contributed by atoms with E-state index in [1.807, 2.05) is 0 Å². The number of nitrogens with zero attached hydrogens (tertiary/aromatic N) is 2. The minimum Gasteiger partial charge on any atom is -0.304 e. The summed E-state index contributed by atoms with van der Waals surface area (Å²) in [7, 11) is 0. The van der Waals surface area contributed by atoms with E-state index >= 15 is 0 Å². The molecule has 4 heteroatoms. The second kappa shape index (κ2) is 3.70. The summed E-state index contributed by atoms with van der Waals surface area (Å²) in [5.41, 5.74) is 0.366. The SMILES string of the molecule is [C-]#[N+]C1=C([N+]#[C-])C(=O)c2c(C)cccc2C1=O. The lowest BCUT2D eigenvalue weighted by Crippen LogP contribution is -2.20. The van der Waals surface area contributed by atoms with Crippen molar-refractivity contribution < 1.29 is 9.59 Å². The Morgan fingerprint density at radius 1 is 1.00 bits per heavy atom. The fraction of sp³-hybridized carbons (Fsp3) is 0.0769. The van der Waals surface area contributed by atoms with Gasteiger partial charge in [0, 0.05) is 11.1 Å². The molecule has 0 saturated carbocycles. The van der Waals surface area contributed by atoms with Crippen molar-refractivity contribution in [3.63, 3.8) is 0 Å². The first kappa shape index (κ1) is 10.8. The molecular formula is C13H6N2O2. The smallest absolute Gasteiger partial charge is 0.245 e. The molecule has 1 aliphatic rings. The number of aryl methyl sites for hydroxylation is 1. The van der Waals surface area contributed by atoms with E-state index in [0.717, 1.165) is 0 Å². The van der Waals surface area contributed by atoms with Gasteiger partial charge in [0.25, 0.3) is 0 Å². The van der Waals surface area contributed by atoms with Crippen LogP contribution in [0.5, 0.6) is 0 Å². The summed E-state index contributed by atoms with van der Waals surface area (Å²) in [4.78, 5) is 30.0. The van der Waals surface area contributed by atoms with Gasteiger partial charge in [-0.1, -0.05) is 18.2 Å². The summed E-state index contributed by atoms with van der Waals surface area (Å²) < 4.78 is 0. The second-order valence-electron chi connectivity index (χ2n) is 3.58. The van der Waals surface area contributed by atoms with Gasteiger partial charge < -0.3 is 9.59 Å². The minimum absolute atomic E-state index is 0.216. The highest BCUT2D eigenvalue weighted by molar-refractivity contribution is 6.28. The van der Waals surface area contributed by atoms with Gasteiger partial charge in [0.15, 0.2) is 11.6 Å². The van der Waals surface area contributed by atoms with E-state index in [1.165, 1.54) is 6.07 Å². The summed E-state index contributed by atoms with van der Waals surface area (Å²) >= 11 is 0. The molecule has 0 aromatic heterocycles. The zero-order valence-electron chi connectivity index (χ0n) is 8.94. The van der Waals surface area contributed by atoms with Crippen LogP contribution in [0.25, 0.3) is 9.69 Å². The Hall–Kier alpha value is -2.72. The van der Waals surface area contributed by atoms with Gasteiger partial charge in [0.1, 0.15) is 0 Å². The van der Waals surface area contributed by atoms with Crippen LogP contribution in [-0.4, -0.2) is 11.6 Å². The molecule has 0 saturated heterocycles. The van der Waals surface area contributed by atoms with Crippen LogP contribution in [0.1, 0.15) is 26.3 Å². The Morgan fingerprint density at radius 3 is 2.18 bits per heavy atom. The van der Waals surface area contributed by atoms with Crippen molar-refractivity contribution in [3.8, 4) is 0 Å². The van der Waals surface area contributed by atoms with Crippen LogP contribution in [0.15, 0.2) is 29.6 Å². The highest BCUT2D eigenvalue weighted by Gasteiger charge is 2.33. The molecule has 0 amide bonds. The van der Waals surface area contributed by atoms with Crippen molar-refractivity contribution in [2.45, 2.75) is 6.92 Å². The first-order valence-electron chi connectivity index (χ1n) is 4.80. The Kier molecular flexibility index (Phi) is 2.34. The summed E-state index contributed by atoms with van der Waals surface area (Å²) in [5, 5.41) is 0. The number of hydrogen-bond donors (Lipinski definition) is 0. The van der Waals surface area contributed by atoms with Crippen LogP contribution < -0.4 is 0 Å². The topological polar surface area (TPSA) is 42.9 Å². The Bertz CT molecular complexity index is 670. The monoisotopic (exact) mass is 222 g/mol. The molecule has 2 rings (SSSR count). The molecule has 0 fully saturated rings.